The fraction of sp³-hybridized carbons (Fsp3) is 0.235. The molecule has 2 rings (SSSR count). The molecule has 4 nitrogen and oxygen atoms in total. The third-order valence-corrected chi connectivity index (χ3v) is 3.40. The maximum absolute atomic E-state index is 7.52. The number of methoxy groups -OCH3 is 1. The Bertz CT molecular complexity index is 666. The summed E-state index contributed by atoms with van der Waals surface area (Å²) in [5.74, 6) is 1.25. The molecule has 0 heterocycles. The standard InChI is InChI=1S/C17H20N2O2/c1-11-4-5-13(6-12(11)2)10-21-16-8-14(17(18)19)7-15(9-16)20-3/h4-9H,10H2,1-3H3,(H3,18,19). The monoisotopic (exact) mass is 284 g/mol. The van der Waals surface area contributed by atoms with E-state index in [0.717, 1.165) is 5.56 Å². The summed E-state index contributed by atoms with van der Waals surface area (Å²) < 4.78 is 11.0. The van der Waals surface area contributed by atoms with Gasteiger partial charge in [-0.2, -0.15) is 0 Å². The second-order valence-electron chi connectivity index (χ2n) is 5.02. The highest BCUT2D eigenvalue weighted by Gasteiger charge is 2.05. The van der Waals surface area contributed by atoms with Crippen molar-refractivity contribution in [2.45, 2.75) is 20.5 Å². The van der Waals surface area contributed by atoms with Gasteiger partial charge < -0.3 is 15.2 Å². The lowest BCUT2D eigenvalue weighted by molar-refractivity contribution is 0.303. The first kappa shape index (κ1) is 14.9. The van der Waals surface area contributed by atoms with Gasteiger partial charge in [0.1, 0.15) is 23.9 Å². The lowest BCUT2D eigenvalue weighted by Gasteiger charge is -2.11. The first-order valence-electron chi connectivity index (χ1n) is 6.72. The normalized spacial score (nSPS) is 10.2. The Hall–Kier alpha value is -2.49. The van der Waals surface area contributed by atoms with E-state index in [4.69, 9.17) is 20.6 Å². The fourth-order valence-corrected chi connectivity index (χ4v) is 1.99. The highest BCUT2D eigenvalue weighted by molar-refractivity contribution is 5.95. The zero-order valence-electron chi connectivity index (χ0n) is 12.6. The van der Waals surface area contributed by atoms with Crippen molar-refractivity contribution in [2.24, 2.45) is 5.73 Å². The van der Waals surface area contributed by atoms with E-state index >= 15 is 0 Å². The van der Waals surface area contributed by atoms with Gasteiger partial charge in [-0.3, -0.25) is 5.41 Å². The number of nitrogens with one attached hydrogen (secondary N) is 1. The Kier molecular flexibility index (Phi) is 4.48. The number of ether oxygens (including phenoxy) is 2. The largest absolute Gasteiger partial charge is 0.497 e. The third-order valence-electron chi connectivity index (χ3n) is 3.40. The Labute approximate surface area is 125 Å². The summed E-state index contributed by atoms with van der Waals surface area (Å²) in [7, 11) is 1.58. The number of nitrogens with two attached hydrogens (primary N) is 1. The second-order valence-corrected chi connectivity index (χ2v) is 5.02. The van der Waals surface area contributed by atoms with Crippen molar-refractivity contribution in [3.8, 4) is 11.5 Å². The molecule has 0 aliphatic heterocycles. The van der Waals surface area contributed by atoms with Crippen LogP contribution in [0.15, 0.2) is 36.4 Å². The first-order valence-corrected chi connectivity index (χ1v) is 6.72. The highest BCUT2D eigenvalue weighted by Crippen LogP contribution is 2.23. The topological polar surface area (TPSA) is 68.3 Å². The van der Waals surface area contributed by atoms with Crippen LogP contribution in [0.5, 0.6) is 11.5 Å². The van der Waals surface area contributed by atoms with E-state index in [2.05, 4.69) is 26.0 Å². The van der Waals surface area contributed by atoms with Gasteiger partial charge in [0.25, 0.3) is 0 Å². The molecule has 0 radical (unpaired) electrons. The zero-order chi connectivity index (χ0) is 15.4. The van der Waals surface area contributed by atoms with E-state index in [1.165, 1.54) is 11.1 Å². The van der Waals surface area contributed by atoms with Gasteiger partial charge in [-0.1, -0.05) is 18.2 Å². The van der Waals surface area contributed by atoms with E-state index in [9.17, 15) is 0 Å². The molecular weight excluding hydrogens is 264 g/mol. The van der Waals surface area contributed by atoms with Crippen LogP contribution in [-0.4, -0.2) is 12.9 Å². The molecular formula is C17H20N2O2. The molecule has 21 heavy (non-hydrogen) atoms. The van der Waals surface area contributed by atoms with Crippen molar-refractivity contribution in [2.75, 3.05) is 7.11 Å². The van der Waals surface area contributed by atoms with E-state index in [1.54, 1.807) is 25.3 Å². The van der Waals surface area contributed by atoms with E-state index in [0.29, 0.717) is 23.7 Å². The maximum Gasteiger partial charge on any atom is 0.124 e. The number of hydrogen-bond donors (Lipinski definition) is 2. The minimum absolute atomic E-state index is 0.00932. The average molecular weight is 284 g/mol. The van der Waals surface area contributed by atoms with Crippen LogP contribution in [0, 0.1) is 19.3 Å². The van der Waals surface area contributed by atoms with Crippen LogP contribution in [0.3, 0.4) is 0 Å². The van der Waals surface area contributed by atoms with Crippen molar-refractivity contribution in [3.63, 3.8) is 0 Å². The summed E-state index contributed by atoms with van der Waals surface area (Å²) in [5.41, 5.74) is 9.72. The molecule has 0 aromatic heterocycles. The predicted molar refractivity (Wildman–Crippen MR) is 84.3 cm³/mol. The number of nitrogen functional groups attached to an aromatic ring is 1. The molecule has 0 saturated carbocycles. The van der Waals surface area contributed by atoms with Crippen LogP contribution >= 0.6 is 0 Å². The van der Waals surface area contributed by atoms with Crippen LogP contribution in [0.2, 0.25) is 0 Å². The Morgan fingerprint density at radius 2 is 1.76 bits per heavy atom. The number of rotatable bonds is 5. The summed E-state index contributed by atoms with van der Waals surface area (Å²) in [4.78, 5) is 0. The SMILES string of the molecule is COc1cc(OCc2ccc(C)c(C)c2)cc(C(=N)N)c1. The summed E-state index contributed by atoms with van der Waals surface area (Å²) in [6, 6.07) is 11.5. The molecule has 0 aliphatic rings. The molecule has 0 spiro atoms. The van der Waals surface area contributed by atoms with E-state index in [-0.39, 0.29) is 5.84 Å². The van der Waals surface area contributed by atoms with Gasteiger partial charge in [-0.05, 0) is 42.7 Å². The highest BCUT2D eigenvalue weighted by atomic mass is 16.5. The Morgan fingerprint density at radius 1 is 1.05 bits per heavy atom. The van der Waals surface area contributed by atoms with Gasteiger partial charge in [0.05, 0.1) is 7.11 Å². The van der Waals surface area contributed by atoms with Gasteiger partial charge in [0, 0.05) is 11.6 Å². The minimum Gasteiger partial charge on any atom is -0.497 e. The molecule has 3 N–H and O–H groups in total. The summed E-state index contributed by atoms with van der Waals surface area (Å²) >= 11 is 0. The molecule has 0 atom stereocenters. The number of amidine groups is 1. The lowest BCUT2D eigenvalue weighted by atomic mass is 10.1. The van der Waals surface area contributed by atoms with Crippen LogP contribution < -0.4 is 15.2 Å². The molecule has 0 amide bonds. The van der Waals surface area contributed by atoms with Crippen molar-refractivity contribution in [3.05, 3.63) is 58.7 Å². The van der Waals surface area contributed by atoms with Gasteiger partial charge in [-0.25, -0.2) is 0 Å². The number of hydrogen-bond acceptors (Lipinski definition) is 3. The van der Waals surface area contributed by atoms with Crippen molar-refractivity contribution < 1.29 is 9.47 Å². The molecule has 110 valence electrons. The molecule has 0 saturated heterocycles. The van der Waals surface area contributed by atoms with Crippen LogP contribution in [0.1, 0.15) is 22.3 Å². The van der Waals surface area contributed by atoms with Gasteiger partial charge in [0.2, 0.25) is 0 Å². The van der Waals surface area contributed by atoms with Crippen molar-refractivity contribution in [1.29, 1.82) is 5.41 Å². The molecule has 2 aromatic rings. The van der Waals surface area contributed by atoms with Crippen molar-refractivity contribution in [1.82, 2.24) is 0 Å². The zero-order valence-corrected chi connectivity index (χ0v) is 12.6. The smallest absolute Gasteiger partial charge is 0.124 e. The van der Waals surface area contributed by atoms with E-state index in [1.807, 2.05) is 6.07 Å². The minimum atomic E-state index is -0.00932. The predicted octanol–water partition coefficient (Wildman–Crippen LogP) is 3.18. The molecule has 0 fully saturated rings. The Morgan fingerprint density at radius 3 is 2.38 bits per heavy atom. The fourth-order valence-electron chi connectivity index (χ4n) is 1.99. The molecule has 4 heteroatoms. The van der Waals surface area contributed by atoms with Crippen molar-refractivity contribution >= 4 is 5.84 Å². The van der Waals surface area contributed by atoms with Crippen LogP contribution in [0.25, 0.3) is 0 Å². The molecule has 0 bridgehead atoms. The van der Waals surface area contributed by atoms with Gasteiger partial charge in [0.15, 0.2) is 0 Å². The summed E-state index contributed by atoms with van der Waals surface area (Å²) in [5, 5.41) is 7.52. The van der Waals surface area contributed by atoms with Crippen LogP contribution in [-0.2, 0) is 6.61 Å². The maximum atomic E-state index is 7.52. The number of benzene rings is 2. The van der Waals surface area contributed by atoms with E-state index < -0.39 is 0 Å². The average Bonchev–Trinajstić information content (AvgIpc) is 2.48. The Balaban J connectivity index is 2.17. The third kappa shape index (κ3) is 3.75. The summed E-state index contributed by atoms with van der Waals surface area (Å²) in [6.07, 6.45) is 0. The van der Waals surface area contributed by atoms with Gasteiger partial charge >= 0.3 is 0 Å². The molecule has 0 aliphatic carbocycles. The van der Waals surface area contributed by atoms with Gasteiger partial charge in [-0.15, -0.1) is 0 Å². The first-order chi connectivity index (χ1) is 9.99. The lowest BCUT2D eigenvalue weighted by Crippen LogP contribution is -2.11. The number of aryl methyl sites for hydroxylation is 2. The summed E-state index contributed by atoms with van der Waals surface area (Å²) in [6.45, 7) is 4.63. The quantitative estimate of drug-likeness (QED) is 0.654. The second kappa shape index (κ2) is 6.31. The molecule has 2 aromatic carbocycles. The molecule has 0 unspecified atom stereocenters. The van der Waals surface area contributed by atoms with Crippen LogP contribution in [0.4, 0.5) is 0 Å².